The number of halogens is 1. The molecule has 2 amide bonds. The minimum Gasteiger partial charge on any atom is -0.326 e. The lowest BCUT2D eigenvalue weighted by molar-refractivity contribution is -0.117. The van der Waals surface area contributed by atoms with E-state index in [2.05, 4.69) is 10.6 Å². The van der Waals surface area contributed by atoms with E-state index in [9.17, 15) is 9.59 Å². The van der Waals surface area contributed by atoms with Crippen LogP contribution in [0.2, 0.25) is 0 Å². The molecule has 0 fully saturated rings. The first-order chi connectivity index (χ1) is 11.6. The fourth-order valence-corrected chi connectivity index (χ4v) is 2.88. The van der Waals surface area contributed by atoms with Crippen molar-refractivity contribution in [2.24, 2.45) is 5.73 Å². The summed E-state index contributed by atoms with van der Waals surface area (Å²) in [4.78, 5) is 23.8. The Balaban J connectivity index is 0.00000225. The van der Waals surface area contributed by atoms with Crippen LogP contribution in [0.1, 0.15) is 36.4 Å². The van der Waals surface area contributed by atoms with E-state index in [4.69, 9.17) is 5.73 Å². The molecule has 1 aliphatic heterocycles. The van der Waals surface area contributed by atoms with Gasteiger partial charge in [0.25, 0.3) is 0 Å². The predicted octanol–water partition coefficient (Wildman–Crippen LogP) is 3.41. The zero-order valence-electron chi connectivity index (χ0n) is 13.8. The third-order valence-corrected chi connectivity index (χ3v) is 4.15. The Hall–Kier alpha value is -2.37. The molecule has 1 atom stereocenters. The largest absolute Gasteiger partial charge is 0.326 e. The SMILES string of the molecule is Cl.NC(CC(=O)Nc1ccc2c(c1)CCCC(=O)N2)c1ccccc1. The van der Waals surface area contributed by atoms with Crippen LogP contribution in [0.15, 0.2) is 48.5 Å². The lowest BCUT2D eigenvalue weighted by atomic mass is 10.0. The monoisotopic (exact) mass is 359 g/mol. The number of aryl methyl sites for hydroxylation is 1. The Bertz CT molecular complexity index is 750. The van der Waals surface area contributed by atoms with Crippen molar-refractivity contribution in [1.82, 2.24) is 0 Å². The molecule has 3 rings (SSSR count). The number of fused-ring (bicyclic) bond motifs is 1. The Morgan fingerprint density at radius 1 is 1.16 bits per heavy atom. The van der Waals surface area contributed by atoms with Crippen LogP contribution in [0, 0.1) is 0 Å². The molecule has 0 aliphatic carbocycles. The molecular formula is C19H22ClN3O2. The minimum absolute atomic E-state index is 0. The number of nitrogens with one attached hydrogen (secondary N) is 2. The van der Waals surface area contributed by atoms with Gasteiger partial charge in [0, 0.05) is 30.3 Å². The number of hydrogen-bond donors (Lipinski definition) is 3. The molecule has 5 nitrogen and oxygen atoms in total. The summed E-state index contributed by atoms with van der Waals surface area (Å²) in [5.74, 6) is -0.0802. The van der Waals surface area contributed by atoms with E-state index in [0.717, 1.165) is 35.3 Å². The lowest BCUT2D eigenvalue weighted by Crippen LogP contribution is -2.20. The standard InChI is InChI=1S/C19H21N3O2.ClH/c20-16(13-5-2-1-3-6-13)12-19(24)21-15-9-10-17-14(11-15)7-4-8-18(23)22-17;/h1-3,5-6,9-11,16H,4,7-8,12,20H2,(H,21,24)(H,22,23);1H. The number of carbonyl (C=O) groups is 2. The number of amides is 2. The maximum absolute atomic E-state index is 12.2. The minimum atomic E-state index is -0.327. The summed E-state index contributed by atoms with van der Waals surface area (Å²) in [6, 6.07) is 14.8. The highest BCUT2D eigenvalue weighted by atomic mass is 35.5. The molecule has 0 aromatic heterocycles. The average Bonchev–Trinajstić information content (AvgIpc) is 2.76. The number of rotatable bonds is 4. The molecule has 1 unspecified atom stereocenters. The van der Waals surface area contributed by atoms with E-state index < -0.39 is 0 Å². The normalized spacial score (nSPS) is 14.4. The van der Waals surface area contributed by atoms with E-state index in [-0.39, 0.29) is 36.7 Å². The summed E-state index contributed by atoms with van der Waals surface area (Å²) in [6.45, 7) is 0. The van der Waals surface area contributed by atoms with E-state index >= 15 is 0 Å². The zero-order valence-corrected chi connectivity index (χ0v) is 14.6. The summed E-state index contributed by atoms with van der Waals surface area (Å²) < 4.78 is 0. The van der Waals surface area contributed by atoms with Gasteiger partial charge in [0.1, 0.15) is 0 Å². The fourth-order valence-electron chi connectivity index (χ4n) is 2.88. The third-order valence-electron chi connectivity index (χ3n) is 4.15. The van der Waals surface area contributed by atoms with Crippen molar-refractivity contribution in [3.8, 4) is 0 Å². The molecule has 6 heteroatoms. The van der Waals surface area contributed by atoms with Crippen molar-refractivity contribution >= 4 is 35.6 Å². The highest BCUT2D eigenvalue weighted by Crippen LogP contribution is 2.25. The van der Waals surface area contributed by atoms with E-state index in [1.807, 2.05) is 42.5 Å². The highest BCUT2D eigenvalue weighted by Gasteiger charge is 2.15. The van der Waals surface area contributed by atoms with Gasteiger partial charge in [-0.25, -0.2) is 0 Å². The maximum atomic E-state index is 12.2. The van der Waals surface area contributed by atoms with Crippen molar-refractivity contribution in [1.29, 1.82) is 0 Å². The van der Waals surface area contributed by atoms with Gasteiger partial charge in [-0.05, 0) is 42.2 Å². The number of hydrogen-bond acceptors (Lipinski definition) is 3. The van der Waals surface area contributed by atoms with Crippen LogP contribution >= 0.6 is 12.4 Å². The zero-order chi connectivity index (χ0) is 16.9. The van der Waals surface area contributed by atoms with Gasteiger partial charge >= 0.3 is 0 Å². The molecule has 0 bridgehead atoms. The van der Waals surface area contributed by atoms with Crippen molar-refractivity contribution in [2.45, 2.75) is 31.7 Å². The van der Waals surface area contributed by atoms with Gasteiger partial charge in [0.15, 0.2) is 0 Å². The summed E-state index contributed by atoms with van der Waals surface area (Å²) in [6.07, 6.45) is 2.39. The van der Waals surface area contributed by atoms with Crippen molar-refractivity contribution in [3.05, 3.63) is 59.7 Å². The highest BCUT2D eigenvalue weighted by molar-refractivity contribution is 5.94. The molecule has 132 valence electrons. The first kappa shape index (κ1) is 19.0. The second kappa shape index (κ2) is 8.65. The maximum Gasteiger partial charge on any atom is 0.226 e. The van der Waals surface area contributed by atoms with Gasteiger partial charge in [0.2, 0.25) is 11.8 Å². The number of nitrogens with two attached hydrogens (primary N) is 1. The molecule has 0 radical (unpaired) electrons. The van der Waals surface area contributed by atoms with Crippen LogP contribution in [-0.2, 0) is 16.0 Å². The van der Waals surface area contributed by atoms with Crippen LogP contribution in [0.4, 0.5) is 11.4 Å². The van der Waals surface area contributed by atoms with Crippen LogP contribution in [0.25, 0.3) is 0 Å². The summed E-state index contributed by atoms with van der Waals surface area (Å²) in [5.41, 5.74) is 9.64. The molecule has 2 aromatic rings. The topological polar surface area (TPSA) is 84.2 Å². The quantitative estimate of drug-likeness (QED) is 0.782. The Labute approximate surface area is 153 Å². The van der Waals surface area contributed by atoms with E-state index in [0.29, 0.717) is 6.42 Å². The molecular weight excluding hydrogens is 338 g/mol. The number of benzene rings is 2. The molecule has 1 aliphatic rings. The number of anilines is 2. The number of carbonyl (C=O) groups excluding carboxylic acids is 2. The molecule has 0 spiro atoms. The van der Waals surface area contributed by atoms with Crippen LogP contribution in [0.3, 0.4) is 0 Å². The summed E-state index contributed by atoms with van der Waals surface area (Å²) in [5, 5.41) is 5.78. The summed E-state index contributed by atoms with van der Waals surface area (Å²) >= 11 is 0. The molecule has 2 aromatic carbocycles. The molecule has 1 heterocycles. The molecule has 4 N–H and O–H groups in total. The van der Waals surface area contributed by atoms with Gasteiger partial charge < -0.3 is 16.4 Å². The van der Waals surface area contributed by atoms with E-state index in [1.165, 1.54) is 0 Å². The van der Waals surface area contributed by atoms with Crippen LogP contribution < -0.4 is 16.4 Å². The van der Waals surface area contributed by atoms with Gasteiger partial charge in [-0.15, -0.1) is 12.4 Å². The Morgan fingerprint density at radius 3 is 2.68 bits per heavy atom. The second-order valence-electron chi connectivity index (χ2n) is 6.04. The van der Waals surface area contributed by atoms with E-state index in [1.54, 1.807) is 6.07 Å². The average molecular weight is 360 g/mol. The van der Waals surface area contributed by atoms with Gasteiger partial charge in [-0.2, -0.15) is 0 Å². The first-order valence-electron chi connectivity index (χ1n) is 8.15. The lowest BCUT2D eigenvalue weighted by Gasteiger charge is -2.13. The van der Waals surface area contributed by atoms with Gasteiger partial charge in [0.05, 0.1) is 0 Å². The summed E-state index contributed by atoms with van der Waals surface area (Å²) in [7, 11) is 0. The van der Waals surface area contributed by atoms with Crippen molar-refractivity contribution in [2.75, 3.05) is 10.6 Å². The van der Waals surface area contributed by atoms with Crippen LogP contribution in [0.5, 0.6) is 0 Å². The smallest absolute Gasteiger partial charge is 0.226 e. The molecule has 25 heavy (non-hydrogen) atoms. The molecule has 0 saturated heterocycles. The van der Waals surface area contributed by atoms with Crippen molar-refractivity contribution < 1.29 is 9.59 Å². The Morgan fingerprint density at radius 2 is 1.92 bits per heavy atom. The third kappa shape index (κ3) is 5.05. The first-order valence-corrected chi connectivity index (χ1v) is 8.15. The second-order valence-corrected chi connectivity index (χ2v) is 6.04. The van der Waals surface area contributed by atoms with Crippen LogP contribution in [-0.4, -0.2) is 11.8 Å². The van der Waals surface area contributed by atoms with Gasteiger partial charge in [-0.3, -0.25) is 9.59 Å². The fraction of sp³-hybridized carbons (Fsp3) is 0.263. The molecule has 0 saturated carbocycles. The van der Waals surface area contributed by atoms with Crippen molar-refractivity contribution in [3.63, 3.8) is 0 Å². The predicted molar refractivity (Wildman–Crippen MR) is 102 cm³/mol. The van der Waals surface area contributed by atoms with Gasteiger partial charge in [-0.1, -0.05) is 30.3 Å². The Kier molecular flexibility index (Phi) is 6.56.